The Kier molecular flexibility index (Phi) is 4.90. The molecule has 0 fully saturated rings. The number of hydrogen-bond donors (Lipinski definition) is 1. The summed E-state index contributed by atoms with van der Waals surface area (Å²) in [7, 11) is 3.38. The van der Waals surface area contributed by atoms with Crippen LogP contribution in [0.1, 0.15) is 21.6 Å². The van der Waals surface area contributed by atoms with E-state index in [9.17, 15) is 4.79 Å². The molecule has 0 bridgehead atoms. The Bertz CT molecular complexity index is 594. The first-order valence-corrected chi connectivity index (χ1v) is 6.67. The van der Waals surface area contributed by atoms with Crippen molar-refractivity contribution in [2.24, 2.45) is 5.73 Å². The van der Waals surface area contributed by atoms with E-state index in [1.807, 2.05) is 30.3 Å². The quantitative estimate of drug-likeness (QED) is 0.910. The predicted octanol–water partition coefficient (Wildman–Crippen LogP) is 1.82. The first-order chi connectivity index (χ1) is 10.1. The van der Waals surface area contributed by atoms with E-state index in [4.69, 9.17) is 10.5 Å². The van der Waals surface area contributed by atoms with Crippen LogP contribution in [0.15, 0.2) is 42.6 Å². The van der Waals surface area contributed by atoms with Crippen LogP contribution in [0.5, 0.6) is 5.75 Å². The zero-order valence-corrected chi connectivity index (χ0v) is 12.2. The van der Waals surface area contributed by atoms with Gasteiger partial charge in [0.1, 0.15) is 11.4 Å². The topological polar surface area (TPSA) is 68.5 Å². The number of aromatic nitrogens is 1. The Morgan fingerprint density at radius 3 is 2.38 bits per heavy atom. The Hall–Kier alpha value is -2.40. The highest BCUT2D eigenvalue weighted by Gasteiger charge is 2.13. The highest BCUT2D eigenvalue weighted by molar-refractivity contribution is 5.92. The largest absolute Gasteiger partial charge is 0.497 e. The van der Waals surface area contributed by atoms with Crippen LogP contribution >= 0.6 is 0 Å². The molecule has 21 heavy (non-hydrogen) atoms. The Labute approximate surface area is 124 Å². The van der Waals surface area contributed by atoms with Gasteiger partial charge < -0.3 is 15.4 Å². The van der Waals surface area contributed by atoms with E-state index in [1.165, 1.54) is 0 Å². The summed E-state index contributed by atoms with van der Waals surface area (Å²) >= 11 is 0. The molecule has 1 amide bonds. The molecule has 5 nitrogen and oxygen atoms in total. The van der Waals surface area contributed by atoms with Gasteiger partial charge in [0.2, 0.25) is 0 Å². The second-order valence-corrected chi connectivity index (χ2v) is 4.77. The molecule has 1 aromatic carbocycles. The third kappa shape index (κ3) is 3.79. The summed E-state index contributed by atoms with van der Waals surface area (Å²) in [6.45, 7) is 0.937. The van der Waals surface area contributed by atoms with Gasteiger partial charge in [0.15, 0.2) is 0 Å². The van der Waals surface area contributed by atoms with Gasteiger partial charge in [-0.15, -0.1) is 0 Å². The number of nitrogens with two attached hydrogens (primary N) is 1. The van der Waals surface area contributed by atoms with Gasteiger partial charge in [-0.25, -0.2) is 0 Å². The van der Waals surface area contributed by atoms with Gasteiger partial charge in [0, 0.05) is 26.3 Å². The van der Waals surface area contributed by atoms with Gasteiger partial charge in [-0.05, 0) is 29.3 Å². The summed E-state index contributed by atoms with van der Waals surface area (Å²) in [6, 6.07) is 11.2. The van der Waals surface area contributed by atoms with Crippen LogP contribution in [-0.2, 0) is 13.1 Å². The van der Waals surface area contributed by atoms with E-state index in [2.05, 4.69) is 4.98 Å². The van der Waals surface area contributed by atoms with Crippen LogP contribution in [0.3, 0.4) is 0 Å². The molecule has 0 spiro atoms. The molecule has 0 saturated carbocycles. The van der Waals surface area contributed by atoms with Crippen LogP contribution in [0.2, 0.25) is 0 Å². The molecule has 2 rings (SSSR count). The van der Waals surface area contributed by atoms with Crippen molar-refractivity contribution >= 4 is 5.91 Å². The lowest BCUT2D eigenvalue weighted by atomic mass is 10.2. The number of methoxy groups -OCH3 is 1. The van der Waals surface area contributed by atoms with Crippen LogP contribution in [0, 0.1) is 0 Å². The molecule has 2 N–H and O–H groups in total. The summed E-state index contributed by atoms with van der Waals surface area (Å²) in [5.41, 5.74) is 7.88. The third-order valence-electron chi connectivity index (χ3n) is 3.21. The van der Waals surface area contributed by atoms with Crippen LogP contribution in [0.25, 0.3) is 0 Å². The van der Waals surface area contributed by atoms with E-state index in [1.54, 1.807) is 31.3 Å². The number of pyridine rings is 1. The van der Waals surface area contributed by atoms with Crippen molar-refractivity contribution in [3.63, 3.8) is 0 Å². The molecule has 1 aromatic heterocycles. The molecule has 0 unspecified atom stereocenters. The average molecular weight is 285 g/mol. The highest BCUT2D eigenvalue weighted by atomic mass is 16.5. The van der Waals surface area contributed by atoms with E-state index in [0.717, 1.165) is 16.9 Å². The van der Waals surface area contributed by atoms with Crippen LogP contribution < -0.4 is 10.5 Å². The van der Waals surface area contributed by atoms with Crippen molar-refractivity contribution in [3.8, 4) is 5.75 Å². The maximum absolute atomic E-state index is 12.3. The van der Waals surface area contributed by atoms with E-state index >= 15 is 0 Å². The number of hydrogen-bond acceptors (Lipinski definition) is 4. The summed E-state index contributed by atoms with van der Waals surface area (Å²) < 4.78 is 5.11. The zero-order valence-electron chi connectivity index (χ0n) is 12.2. The fraction of sp³-hybridized carbons (Fsp3) is 0.250. The summed E-state index contributed by atoms with van der Waals surface area (Å²) in [6.07, 6.45) is 1.63. The lowest BCUT2D eigenvalue weighted by Gasteiger charge is -2.17. The molecular formula is C16H19N3O2. The van der Waals surface area contributed by atoms with Crippen LogP contribution in [0.4, 0.5) is 0 Å². The van der Waals surface area contributed by atoms with Crippen LogP contribution in [-0.4, -0.2) is 29.9 Å². The summed E-state index contributed by atoms with van der Waals surface area (Å²) in [4.78, 5) is 18.1. The fourth-order valence-corrected chi connectivity index (χ4v) is 1.94. The SMILES string of the molecule is COc1ccc(CN(C)C(=O)c2ccc(CN)cn2)cc1. The lowest BCUT2D eigenvalue weighted by molar-refractivity contribution is 0.0779. The van der Waals surface area contributed by atoms with Gasteiger partial charge in [-0.2, -0.15) is 0 Å². The van der Waals surface area contributed by atoms with E-state index < -0.39 is 0 Å². The minimum Gasteiger partial charge on any atom is -0.497 e. The van der Waals surface area contributed by atoms with Crippen molar-refractivity contribution < 1.29 is 9.53 Å². The number of carbonyl (C=O) groups is 1. The number of amides is 1. The number of ether oxygens (including phenoxy) is 1. The van der Waals surface area contributed by atoms with E-state index in [-0.39, 0.29) is 5.91 Å². The van der Waals surface area contributed by atoms with Crippen molar-refractivity contribution in [2.75, 3.05) is 14.2 Å². The fourth-order valence-electron chi connectivity index (χ4n) is 1.94. The van der Waals surface area contributed by atoms with Crippen molar-refractivity contribution in [1.82, 2.24) is 9.88 Å². The number of carbonyl (C=O) groups excluding carboxylic acids is 1. The minimum absolute atomic E-state index is 0.116. The van der Waals surface area contributed by atoms with Gasteiger partial charge in [-0.1, -0.05) is 18.2 Å². The van der Waals surface area contributed by atoms with Gasteiger partial charge >= 0.3 is 0 Å². The summed E-state index contributed by atoms with van der Waals surface area (Å²) in [5, 5.41) is 0. The molecule has 0 radical (unpaired) electrons. The maximum atomic E-state index is 12.3. The smallest absolute Gasteiger partial charge is 0.272 e. The molecule has 110 valence electrons. The maximum Gasteiger partial charge on any atom is 0.272 e. The molecule has 0 aliphatic rings. The first kappa shape index (κ1) is 15.0. The number of nitrogens with zero attached hydrogens (tertiary/aromatic N) is 2. The number of rotatable bonds is 5. The molecular weight excluding hydrogens is 266 g/mol. The third-order valence-corrected chi connectivity index (χ3v) is 3.21. The first-order valence-electron chi connectivity index (χ1n) is 6.67. The molecule has 0 saturated heterocycles. The average Bonchev–Trinajstić information content (AvgIpc) is 2.55. The molecule has 5 heteroatoms. The Morgan fingerprint density at radius 1 is 1.19 bits per heavy atom. The normalized spacial score (nSPS) is 10.2. The molecule has 0 atom stereocenters. The lowest BCUT2D eigenvalue weighted by Crippen LogP contribution is -2.27. The Morgan fingerprint density at radius 2 is 1.86 bits per heavy atom. The molecule has 0 aliphatic carbocycles. The van der Waals surface area contributed by atoms with Crippen molar-refractivity contribution in [1.29, 1.82) is 0 Å². The van der Waals surface area contributed by atoms with Gasteiger partial charge in [0.05, 0.1) is 7.11 Å². The van der Waals surface area contributed by atoms with Gasteiger partial charge in [0.25, 0.3) is 5.91 Å². The second kappa shape index (κ2) is 6.85. The molecule has 0 aliphatic heterocycles. The molecule has 2 aromatic rings. The standard InChI is InChI=1S/C16H19N3O2/c1-19(11-12-3-6-14(21-2)7-4-12)16(20)15-8-5-13(9-17)10-18-15/h3-8,10H,9,11,17H2,1-2H3. The van der Waals surface area contributed by atoms with E-state index in [0.29, 0.717) is 18.8 Å². The highest BCUT2D eigenvalue weighted by Crippen LogP contribution is 2.13. The number of benzene rings is 1. The zero-order chi connectivity index (χ0) is 15.2. The molecule has 1 heterocycles. The van der Waals surface area contributed by atoms with Crippen molar-refractivity contribution in [3.05, 3.63) is 59.4 Å². The Balaban J connectivity index is 2.03. The minimum atomic E-state index is -0.116. The monoisotopic (exact) mass is 285 g/mol. The van der Waals surface area contributed by atoms with Crippen molar-refractivity contribution in [2.45, 2.75) is 13.1 Å². The summed E-state index contributed by atoms with van der Waals surface area (Å²) in [5.74, 6) is 0.682. The predicted molar refractivity (Wildman–Crippen MR) is 80.9 cm³/mol. The second-order valence-electron chi connectivity index (χ2n) is 4.77. The van der Waals surface area contributed by atoms with Gasteiger partial charge in [-0.3, -0.25) is 9.78 Å².